The summed E-state index contributed by atoms with van der Waals surface area (Å²) in [7, 11) is -5.03. The number of nitrogens with one attached hydrogen (secondary N) is 4. The molecule has 0 atom stereocenters. The van der Waals surface area contributed by atoms with E-state index in [1.54, 1.807) is 24.3 Å². The van der Waals surface area contributed by atoms with Gasteiger partial charge < -0.3 is 28.3 Å². The minimum absolute atomic E-state index is 0.117. The molecular formula is C64H34N16O4S. The minimum Gasteiger partial charge on any atom is -0.352 e. The van der Waals surface area contributed by atoms with Crippen molar-refractivity contribution in [3.63, 3.8) is 0 Å². The standard InChI is InChI=1S/C64H34N16O4S/c81-85(82,83-45-29-13-27-43-47(45)63-77-59-41-25-11-9-23-39(41)55(73-59)69-51-33-17-3-1-15-31(33)49(65-51)67-53-35-19-5-7-21-37(35)57(71-53)75-61(43)79-63)84-46-30-14-28-44-48(46)64-78-60-42-26-12-10-24-40(42)56(74-60)70-52-34-18-4-2-16-32(34)50(66-52)68-54-36-20-6-8-22-38(36)58(72-54)76-62(44)80-64/h1-30H,(H2,65,67,69,71,73,75,77,79)(H2,66,68,70,72,74,76,78,80). The summed E-state index contributed by atoms with van der Waals surface area (Å²) in [5.41, 5.74) is 9.12. The summed E-state index contributed by atoms with van der Waals surface area (Å²) < 4.78 is 42.0. The zero-order valence-corrected chi connectivity index (χ0v) is 44.5. The lowest BCUT2D eigenvalue weighted by Gasteiger charge is -2.10. The number of H-pyrrole nitrogens is 4. The van der Waals surface area contributed by atoms with Crippen LogP contribution in [0.2, 0.25) is 0 Å². The molecule has 18 rings (SSSR count). The predicted molar refractivity (Wildman–Crippen MR) is 322 cm³/mol. The van der Waals surface area contributed by atoms with Gasteiger partial charge in [-0.3, -0.25) is 0 Å². The zero-order chi connectivity index (χ0) is 56.1. The van der Waals surface area contributed by atoms with Crippen LogP contribution in [0.5, 0.6) is 11.5 Å². The fourth-order valence-corrected chi connectivity index (χ4v) is 12.4. The number of benzene rings is 8. The Balaban J connectivity index is 0.839. The van der Waals surface area contributed by atoms with Crippen LogP contribution in [0.3, 0.4) is 0 Å². The molecule has 4 N–H and O–H groups in total. The van der Waals surface area contributed by atoms with Gasteiger partial charge >= 0.3 is 10.4 Å². The lowest BCUT2D eigenvalue weighted by Crippen LogP contribution is -2.16. The van der Waals surface area contributed by atoms with E-state index in [1.165, 1.54) is 12.1 Å². The highest BCUT2D eigenvalue weighted by Gasteiger charge is 2.28. The molecule has 0 amide bonds. The van der Waals surface area contributed by atoms with Crippen molar-refractivity contribution in [2.24, 2.45) is 0 Å². The van der Waals surface area contributed by atoms with Gasteiger partial charge in [0, 0.05) is 76.8 Å². The maximum atomic E-state index is 14.9. The molecule has 14 aromatic rings. The van der Waals surface area contributed by atoms with Gasteiger partial charge in [0.2, 0.25) is 0 Å². The first-order chi connectivity index (χ1) is 41.8. The fraction of sp³-hybridized carbons (Fsp3) is 0. The summed E-state index contributed by atoms with van der Waals surface area (Å²) in [6.45, 7) is 0. The van der Waals surface area contributed by atoms with E-state index in [4.69, 9.17) is 68.2 Å². The van der Waals surface area contributed by atoms with Crippen LogP contribution in [0.1, 0.15) is 0 Å². The molecule has 0 unspecified atom stereocenters. The first-order valence-electron chi connectivity index (χ1n) is 26.9. The average Bonchev–Trinajstić information content (AvgIpc) is 4.20. The minimum atomic E-state index is -5.03. The second kappa shape index (κ2) is 17.5. The molecule has 0 radical (unpaired) electrons. The molecule has 10 heterocycles. The monoisotopic (exact) mass is 1120 g/mol. The van der Waals surface area contributed by atoms with Crippen LogP contribution >= 0.6 is 0 Å². The largest absolute Gasteiger partial charge is 0.501 e. The van der Waals surface area contributed by atoms with Crippen molar-refractivity contribution in [2.45, 2.75) is 0 Å². The Hall–Kier alpha value is -12.0. The molecule has 0 saturated heterocycles. The van der Waals surface area contributed by atoms with E-state index in [0.29, 0.717) is 102 Å². The van der Waals surface area contributed by atoms with Gasteiger partial charge in [0.05, 0.1) is 10.8 Å². The molecule has 85 heavy (non-hydrogen) atoms. The van der Waals surface area contributed by atoms with E-state index in [2.05, 4.69) is 19.9 Å². The summed E-state index contributed by atoms with van der Waals surface area (Å²) in [5, 5.41) is 4.84. The number of hydrogen-bond acceptors (Lipinski definition) is 16. The Labute approximate surface area is 477 Å². The summed E-state index contributed by atoms with van der Waals surface area (Å²) in [6, 6.07) is 56.4. The van der Waals surface area contributed by atoms with E-state index in [0.717, 1.165) is 54.9 Å². The van der Waals surface area contributed by atoms with Crippen LogP contribution in [-0.2, 0) is 10.4 Å². The van der Waals surface area contributed by atoms with Crippen LogP contribution in [-0.4, -0.2) is 88.2 Å². The Morgan fingerprint density at radius 2 is 0.447 bits per heavy atom. The van der Waals surface area contributed by atoms with E-state index in [9.17, 15) is 8.42 Å². The topological polar surface area (TPSA) is 270 Å². The Morgan fingerprint density at radius 1 is 0.235 bits per heavy atom. The van der Waals surface area contributed by atoms with Gasteiger partial charge in [0.25, 0.3) is 0 Å². The first-order valence-corrected chi connectivity index (χ1v) is 28.2. The molecule has 0 spiro atoms. The molecule has 6 aromatic heterocycles. The summed E-state index contributed by atoms with van der Waals surface area (Å²) >= 11 is 0. The maximum Gasteiger partial charge on any atom is 0.501 e. The van der Waals surface area contributed by atoms with Gasteiger partial charge in [-0.25, -0.2) is 59.8 Å². The molecule has 400 valence electrons. The second-order valence-electron chi connectivity index (χ2n) is 20.4. The molecule has 8 aromatic carbocycles. The Morgan fingerprint density at radius 3 is 0.718 bits per heavy atom. The molecule has 4 aliphatic rings. The third-order valence-corrected chi connectivity index (χ3v) is 16.2. The number of fused-ring (bicyclic) bond motifs is 40. The maximum absolute atomic E-state index is 14.9. The van der Waals surface area contributed by atoms with Gasteiger partial charge in [-0.15, -0.1) is 8.42 Å². The summed E-state index contributed by atoms with van der Waals surface area (Å²) in [4.78, 5) is 74.5. The third-order valence-electron chi connectivity index (χ3n) is 15.5. The van der Waals surface area contributed by atoms with Gasteiger partial charge in [-0.2, -0.15) is 0 Å². The number of hydrogen-bond donors (Lipinski definition) is 4. The molecule has 0 saturated carbocycles. The van der Waals surface area contributed by atoms with Crippen LogP contribution in [0.4, 0.5) is 0 Å². The van der Waals surface area contributed by atoms with E-state index in [-0.39, 0.29) is 33.6 Å². The predicted octanol–water partition coefficient (Wildman–Crippen LogP) is 12.8. The van der Waals surface area contributed by atoms with Crippen molar-refractivity contribution in [3.05, 3.63) is 182 Å². The van der Waals surface area contributed by atoms with E-state index < -0.39 is 10.4 Å². The Bertz CT molecular complexity index is 5460. The summed E-state index contributed by atoms with van der Waals surface area (Å²) in [5.74, 6) is 2.80. The zero-order valence-electron chi connectivity index (χ0n) is 43.7. The molecule has 16 bridgehead atoms. The number of nitrogens with zero attached hydrogens (tertiary/aromatic N) is 12. The lowest BCUT2D eigenvalue weighted by molar-refractivity contribution is 0.396. The molecule has 4 aliphatic heterocycles. The highest BCUT2D eigenvalue weighted by Crippen LogP contribution is 2.42. The van der Waals surface area contributed by atoms with Crippen LogP contribution < -0.4 is 8.37 Å². The first kappa shape index (κ1) is 46.7. The van der Waals surface area contributed by atoms with E-state index >= 15 is 0 Å². The van der Waals surface area contributed by atoms with E-state index in [1.807, 2.05) is 146 Å². The van der Waals surface area contributed by atoms with Gasteiger partial charge in [-0.05, 0) is 12.1 Å². The average molecular weight is 1120 g/mol. The van der Waals surface area contributed by atoms with Crippen molar-refractivity contribution >= 4 is 98.7 Å². The highest BCUT2D eigenvalue weighted by molar-refractivity contribution is 7.82. The molecule has 21 heteroatoms. The van der Waals surface area contributed by atoms with Crippen molar-refractivity contribution in [1.82, 2.24) is 79.7 Å². The quantitative estimate of drug-likeness (QED) is 0.128. The molecule has 0 aliphatic carbocycles. The number of aromatic nitrogens is 16. The SMILES string of the molecule is O=S(=O)(Oc1cccc2c3nc4nc(nc5[nH]c(nc6nc(nc([nH]3)c12)-c1ccccc1-6)c1ccccc51)-c1ccccc1-4)Oc1cccc2c3nc4nc(nc5[nH]c(nc6nc(nc([nH]3)c12)-c1ccccc1-6)c1ccccc51)-c1ccccc1-4. The molecule has 0 fully saturated rings. The highest BCUT2D eigenvalue weighted by atomic mass is 32.3. The van der Waals surface area contributed by atoms with Crippen molar-refractivity contribution in [1.29, 1.82) is 0 Å². The Kier molecular flexibility index (Phi) is 9.63. The smallest absolute Gasteiger partial charge is 0.352 e. The normalized spacial score (nSPS) is 12.3. The molecular weight excluding hydrogens is 1090 g/mol. The van der Waals surface area contributed by atoms with Crippen LogP contribution in [0, 0.1) is 0 Å². The number of aromatic amines is 4. The lowest BCUT2D eigenvalue weighted by atomic mass is 10.1. The van der Waals surface area contributed by atoms with Crippen molar-refractivity contribution < 1.29 is 16.8 Å². The van der Waals surface area contributed by atoms with Crippen LogP contribution in [0.25, 0.3) is 179 Å². The van der Waals surface area contributed by atoms with Gasteiger partial charge in [0.1, 0.15) is 45.2 Å². The third kappa shape index (κ3) is 7.30. The fourth-order valence-electron chi connectivity index (χ4n) is 11.7. The van der Waals surface area contributed by atoms with Crippen LogP contribution in [0.15, 0.2) is 182 Å². The number of rotatable bonds is 4. The molecule has 20 nitrogen and oxygen atoms in total. The second-order valence-corrected chi connectivity index (χ2v) is 21.6. The van der Waals surface area contributed by atoms with Crippen molar-refractivity contribution in [2.75, 3.05) is 0 Å². The van der Waals surface area contributed by atoms with Crippen molar-refractivity contribution in [3.8, 4) is 103 Å². The summed E-state index contributed by atoms with van der Waals surface area (Å²) in [6.07, 6.45) is 0. The van der Waals surface area contributed by atoms with Gasteiger partial charge in [0.15, 0.2) is 58.1 Å². The van der Waals surface area contributed by atoms with Gasteiger partial charge in [-0.1, -0.05) is 170 Å².